The Hall–Kier alpha value is -1.29. The van der Waals surface area contributed by atoms with Gasteiger partial charge >= 0.3 is 5.97 Å². The minimum Gasteiger partial charge on any atom is -0.496 e. The minimum absolute atomic E-state index is 0.343. The maximum atomic E-state index is 11.1. The monoisotopic (exact) mass is 284 g/mol. The molecule has 0 heterocycles. The van der Waals surface area contributed by atoms with E-state index in [0.717, 1.165) is 15.8 Å². The highest BCUT2D eigenvalue weighted by atomic mass is 79.9. The number of ether oxygens (including phenoxy) is 2. The Labute approximate surface area is 103 Å². The number of carbonyl (C=O) groups excluding carboxylic acids is 1. The van der Waals surface area contributed by atoms with Gasteiger partial charge in [-0.3, -0.25) is 0 Å². The topological polar surface area (TPSA) is 35.5 Å². The molecule has 0 aliphatic rings. The first kappa shape index (κ1) is 12.8. The van der Waals surface area contributed by atoms with E-state index in [9.17, 15) is 4.79 Å². The van der Waals surface area contributed by atoms with E-state index in [0.29, 0.717) is 6.61 Å². The van der Waals surface area contributed by atoms with Crippen LogP contribution in [0.1, 0.15) is 12.5 Å². The van der Waals surface area contributed by atoms with Crippen LogP contribution in [0.25, 0.3) is 6.08 Å². The highest BCUT2D eigenvalue weighted by molar-refractivity contribution is 9.10. The Kier molecular flexibility index (Phi) is 5.05. The van der Waals surface area contributed by atoms with Crippen LogP contribution in [-0.4, -0.2) is 19.7 Å². The molecular formula is C12H13BrO3. The van der Waals surface area contributed by atoms with E-state index in [-0.39, 0.29) is 5.97 Å². The van der Waals surface area contributed by atoms with E-state index < -0.39 is 0 Å². The molecule has 0 N–H and O–H groups in total. The first-order chi connectivity index (χ1) is 7.67. The lowest BCUT2D eigenvalue weighted by Crippen LogP contribution is -1.98. The first-order valence-electron chi connectivity index (χ1n) is 4.85. The number of carbonyl (C=O) groups is 1. The number of hydrogen-bond acceptors (Lipinski definition) is 3. The molecule has 0 saturated carbocycles. The largest absolute Gasteiger partial charge is 0.496 e. The van der Waals surface area contributed by atoms with Crippen molar-refractivity contribution in [2.24, 2.45) is 0 Å². The predicted octanol–water partition coefficient (Wildman–Crippen LogP) is 3.03. The fourth-order valence-corrected chi connectivity index (χ4v) is 1.54. The van der Waals surface area contributed by atoms with E-state index in [1.807, 2.05) is 18.2 Å². The number of methoxy groups -OCH3 is 1. The van der Waals surface area contributed by atoms with Gasteiger partial charge in [-0.25, -0.2) is 4.79 Å². The van der Waals surface area contributed by atoms with Crippen LogP contribution in [0.5, 0.6) is 5.75 Å². The van der Waals surface area contributed by atoms with Gasteiger partial charge in [-0.1, -0.05) is 6.07 Å². The van der Waals surface area contributed by atoms with Crippen molar-refractivity contribution in [2.45, 2.75) is 6.92 Å². The third-order valence-corrected chi connectivity index (χ3v) is 2.53. The number of rotatable bonds is 4. The quantitative estimate of drug-likeness (QED) is 0.630. The fourth-order valence-electron chi connectivity index (χ4n) is 1.13. The minimum atomic E-state index is -0.343. The average molecular weight is 285 g/mol. The zero-order valence-corrected chi connectivity index (χ0v) is 10.8. The highest BCUT2D eigenvalue weighted by Gasteiger charge is 2.00. The van der Waals surface area contributed by atoms with Gasteiger partial charge in [0.05, 0.1) is 18.2 Å². The molecular weight excluding hydrogens is 272 g/mol. The van der Waals surface area contributed by atoms with Crippen molar-refractivity contribution in [3.63, 3.8) is 0 Å². The Morgan fingerprint density at radius 1 is 1.50 bits per heavy atom. The van der Waals surface area contributed by atoms with Gasteiger partial charge in [-0.2, -0.15) is 0 Å². The van der Waals surface area contributed by atoms with Gasteiger partial charge < -0.3 is 9.47 Å². The van der Waals surface area contributed by atoms with Crippen molar-refractivity contribution in [1.29, 1.82) is 0 Å². The molecule has 0 atom stereocenters. The lowest BCUT2D eigenvalue weighted by Gasteiger charge is -2.03. The summed E-state index contributed by atoms with van der Waals surface area (Å²) in [7, 11) is 1.60. The Balaban J connectivity index is 2.78. The third kappa shape index (κ3) is 3.70. The normalized spacial score (nSPS) is 10.4. The summed E-state index contributed by atoms with van der Waals surface area (Å²) in [6.07, 6.45) is 3.08. The summed E-state index contributed by atoms with van der Waals surface area (Å²) in [5.41, 5.74) is 0.883. The maximum Gasteiger partial charge on any atom is 0.330 e. The van der Waals surface area contributed by atoms with E-state index >= 15 is 0 Å². The van der Waals surface area contributed by atoms with Gasteiger partial charge in [0.15, 0.2) is 0 Å². The molecule has 86 valence electrons. The molecule has 1 aromatic carbocycles. The summed E-state index contributed by atoms with van der Waals surface area (Å²) in [6.45, 7) is 2.15. The second kappa shape index (κ2) is 6.33. The summed E-state index contributed by atoms with van der Waals surface area (Å²) in [4.78, 5) is 11.1. The molecule has 0 unspecified atom stereocenters. The third-order valence-electron chi connectivity index (χ3n) is 1.87. The van der Waals surface area contributed by atoms with Crippen LogP contribution >= 0.6 is 15.9 Å². The van der Waals surface area contributed by atoms with Gasteiger partial charge in [-0.05, 0) is 46.6 Å². The van der Waals surface area contributed by atoms with Crippen molar-refractivity contribution in [3.05, 3.63) is 34.3 Å². The van der Waals surface area contributed by atoms with Gasteiger partial charge in [0, 0.05) is 6.08 Å². The molecule has 4 heteroatoms. The van der Waals surface area contributed by atoms with Crippen molar-refractivity contribution in [3.8, 4) is 5.75 Å². The fraction of sp³-hybridized carbons (Fsp3) is 0.250. The lowest BCUT2D eigenvalue weighted by atomic mass is 10.2. The Morgan fingerprint density at radius 2 is 2.25 bits per heavy atom. The van der Waals surface area contributed by atoms with Crippen LogP contribution in [0, 0.1) is 0 Å². The summed E-state index contributed by atoms with van der Waals surface area (Å²) < 4.78 is 10.8. The Bertz CT molecular complexity index is 399. The molecule has 1 aromatic rings. The molecule has 0 radical (unpaired) electrons. The smallest absolute Gasteiger partial charge is 0.330 e. The number of benzene rings is 1. The molecule has 0 bridgehead atoms. The summed E-state index contributed by atoms with van der Waals surface area (Å²) in [5.74, 6) is 0.385. The van der Waals surface area contributed by atoms with Crippen molar-refractivity contribution < 1.29 is 14.3 Å². The zero-order valence-electron chi connectivity index (χ0n) is 9.20. The van der Waals surface area contributed by atoms with Gasteiger partial charge in [0.1, 0.15) is 5.75 Å². The highest BCUT2D eigenvalue weighted by Crippen LogP contribution is 2.25. The molecule has 0 fully saturated rings. The molecule has 0 amide bonds. The van der Waals surface area contributed by atoms with Crippen molar-refractivity contribution >= 4 is 28.0 Å². The second-order valence-electron chi connectivity index (χ2n) is 2.98. The van der Waals surface area contributed by atoms with Gasteiger partial charge in [-0.15, -0.1) is 0 Å². The van der Waals surface area contributed by atoms with E-state index in [4.69, 9.17) is 9.47 Å². The molecule has 1 rings (SSSR count). The van der Waals surface area contributed by atoms with E-state index in [1.165, 1.54) is 6.08 Å². The molecule has 0 aromatic heterocycles. The van der Waals surface area contributed by atoms with Crippen molar-refractivity contribution in [2.75, 3.05) is 13.7 Å². The zero-order chi connectivity index (χ0) is 12.0. The summed E-state index contributed by atoms with van der Waals surface area (Å²) >= 11 is 3.35. The van der Waals surface area contributed by atoms with E-state index in [1.54, 1.807) is 20.1 Å². The second-order valence-corrected chi connectivity index (χ2v) is 3.83. The summed E-state index contributed by atoms with van der Waals surface area (Å²) in [6, 6.07) is 5.58. The first-order valence-corrected chi connectivity index (χ1v) is 5.65. The van der Waals surface area contributed by atoms with Crippen molar-refractivity contribution in [1.82, 2.24) is 0 Å². The van der Waals surface area contributed by atoms with Gasteiger partial charge in [0.25, 0.3) is 0 Å². The van der Waals surface area contributed by atoms with Crippen LogP contribution in [0.2, 0.25) is 0 Å². The number of esters is 1. The van der Waals surface area contributed by atoms with Gasteiger partial charge in [0.2, 0.25) is 0 Å². The molecule has 0 saturated heterocycles. The molecule has 3 nitrogen and oxygen atoms in total. The standard InChI is InChI=1S/C12H13BrO3/c1-3-16-12(14)7-5-9-4-6-10(13)11(8-9)15-2/h4-8H,3H2,1-2H3. The van der Waals surface area contributed by atoms with Crippen LogP contribution in [0.4, 0.5) is 0 Å². The SMILES string of the molecule is CCOC(=O)C=Cc1ccc(Br)c(OC)c1. The maximum absolute atomic E-state index is 11.1. The molecule has 16 heavy (non-hydrogen) atoms. The summed E-state index contributed by atoms with van der Waals surface area (Å²) in [5, 5.41) is 0. The van der Waals surface area contributed by atoms with Crippen LogP contribution in [-0.2, 0) is 9.53 Å². The molecule has 0 aliphatic heterocycles. The predicted molar refractivity (Wildman–Crippen MR) is 66.4 cm³/mol. The average Bonchev–Trinajstić information content (AvgIpc) is 2.28. The van der Waals surface area contributed by atoms with Crippen LogP contribution < -0.4 is 4.74 Å². The molecule has 0 aliphatic carbocycles. The number of hydrogen-bond donors (Lipinski definition) is 0. The van der Waals surface area contributed by atoms with Crippen LogP contribution in [0.15, 0.2) is 28.7 Å². The number of halogens is 1. The molecule has 0 spiro atoms. The van der Waals surface area contributed by atoms with Crippen LogP contribution in [0.3, 0.4) is 0 Å². The lowest BCUT2D eigenvalue weighted by molar-refractivity contribution is -0.137. The van der Waals surface area contributed by atoms with E-state index in [2.05, 4.69) is 15.9 Å². The Morgan fingerprint density at radius 3 is 2.88 bits per heavy atom.